The van der Waals surface area contributed by atoms with Gasteiger partial charge in [0, 0.05) is 21.3 Å². The predicted octanol–water partition coefficient (Wildman–Crippen LogP) is 8.45. The standard InChI is InChI=1S/C28H20BrN/c29-23-17-15-21(16-18-23)24-13-7-8-14-25(24)27-19-26(20-9-3-1-4-10-20)28(30-27)22-11-5-2-6-12-22/h1-19,30H. The summed E-state index contributed by atoms with van der Waals surface area (Å²) in [5.74, 6) is 0. The van der Waals surface area contributed by atoms with Crippen LogP contribution in [0, 0.1) is 0 Å². The summed E-state index contributed by atoms with van der Waals surface area (Å²) >= 11 is 3.54. The molecule has 1 heterocycles. The quantitative estimate of drug-likeness (QED) is 0.283. The number of hydrogen-bond donors (Lipinski definition) is 1. The van der Waals surface area contributed by atoms with Gasteiger partial charge in [-0.25, -0.2) is 0 Å². The minimum absolute atomic E-state index is 1.08. The number of nitrogens with one attached hydrogen (secondary N) is 1. The molecule has 0 fully saturated rings. The highest BCUT2D eigenvalue weighted by atomic mass is 79.9. The van der Waals surface area contributed by atoms with E-state index in [1.165, 1.54) is 33.4 Å². The molecule has 30 heavy (non-hydrogen) atoms. The maximum atomic E-state index is 3.73. The zero-order valence-electron chi connectivity index (χ0n) is 16.3. The lowest BCUT2D eigenvalue weighted by molar-refractivity contribution is 1.39. The van der Waals surface area contributed by atoms with Crippen LogP contribution in [0.15, 0.2) is 120 Å². The molecule has 0 amide bonds. The maximum Gasteiger partial charge on any atom is 0.0538 e. The molecule has 2 heteroatoms. The van der Waals surface area contributed by atoms with Gasteiger partial charge in [0.25, 0.3) is 0 Å². The molecular weight excluding hydrogens is 430 g/mol. The Balaban J connectivity index is 1.70. The Hall–Kier alpha value is -3.36. The first kappa shape index (κ1) is 18.7. The van der Waals surface area contributed by atoms with E-state index in [1.807, 2.05) is 0 Å². The van der Waals surface area contributed by atoms with E-state index < -0.39 is 0 Å². The van der Waals surface area contributed by atoms with Crippen LogP contribution < -0.4 is 0 Å². The fraction of sp³-hybridized carbons (Fsp3) is 0. The van der Waals surface area contributed by atoms with Gasteiger partial charge in [-0.3, -0.25) is 0 Å². The Labute approximate surface area is 185 Å². The van der Waals surface area contributed by atoms with Gasteiger partial charge in [0.05, 0.1) is 5.69 Å². The molecule has 0 aliphatic carbocycles. The van der Waals surface area contributed by atoms with E-state index in [1.54, 1.807) is 0 Å². The fourth-order valence-corrected chi connectivity index (χ4v) is 4.14. The van der Waals surface area contributed by atoms with E-state index in [0.717, 1.165) is 15.9 Å². The number of aromatic amines is 1. The van der Waals surface area contributed by atoms with Crippen LogP contribution in [0.5, 0.6) is 0 Å². The van der Waals surface area contributed by atoms with Crippen molar-refractivity contribution >= 4 is 15.9 Å². The van der Waals surface area contributed by atoms with Crippen molar-refractivity contribution in [1.29, 1.82) is 0 Å². The van der Waals surface area contributed by atoms with Gasteiger partial charge < -0.3 is 4.98 Å². The summed E-state index contributed by atoms with van der Waals surface area (Å²) in [6.45, 7) is 0. The minimum atomic E-state index is 1.08. The summed E-state index contributed by atoms with van der Waals surface area (Å²) in [6.07, 6.45) is 0. The van der Waals surface area contributed by atoms with Crippen molar-refractivity contribution < 1.29 is 0 Å². The number of benzene rings is 4. The van der Waals surface area contributed by atoms with Crippen molar-refractivity contribution in [2.75, 3.05) is 0 Å². The van der Waals surface area contributed by atoms with Crippen LogP contribution in [0.4, 0.5) is 0 Å². The largest absolute Gasteiger partial charge is 0.354 e. The summed E-state index contributed by atoms with van der Waals surface area (Å²) in [4.78, 5) is 3.73. The molecule has 0 radical (unpaired) electrons. The van der Waals surface area contributed by atoms with Crippen molar-refractivity contribution in [3.05, 3.63) is 120 Å². The number of aromatic nitrogens is 1. The second kappa shape index (κ2) is 8.17. The summed E-state index contributed by atoms with van der Waals surface area (Å²) in [6, 6.07) is 40.4. The molecule has 4 aromatic carbocycles. The highest BCUT2D eigenvalue weighted by molar-refractivity contribution is 9.10. The molecule has 1 N–H and O–H groups in total. The molecular formula is C28H20BrN. The highest BCUT2D eigenvalue weighted by Crippen LogP contribution is 2.39. The molecule has 1 aromatic heterocycles. The van der Waals surface area contributed by atoms with Gasteiger partial charge in [0.1, 0.15) is 0 Å². The molecule has 0 atom stereocenters. The van der Waals surface area contributed by atoms with Crippen LogP contribution >= 0.6 is 15.9 Å². The topological polar surface area (TPSA) is 15.8 Å². The number of hydrogen-bond acceptors (Lipinski definition) is 0. The van der Waals surface area contributed by atoms with E-state index in [2.05, 4.69) is 136 Å². The number of H-pyrrole nitrogens is 1. The molecule has 0 spiro atoms. The summed E-state index contributed by atoms with van der Waals surface area (Å²) in [5, 5.41) is 0. The van der Waals surface area contributed by atoms with Gasteiger partial charge in [-0.05, 0) is 40.5 Å². The van der Waals surface area contributed by atoms with Crippen LogP contribution in [0.25, 0.3) is 44.8 Å². The van der Waals surface area contributed by atoms with E-state index in [0.29, 0.717) is 0 Å². The van der Waals surface area contributed by atoms with Crippen LogP contribution in [-0.2, 0) is 0 Å². The fourth-order valence-electron chi connectivity index (χ4n) is 3.88. The maximum absolute atomic E-state index is 3.73. The SMILES string of the molecule is Brc1ccc(-c2ccccc2-c2cc(-c3ccccc3)c(-c3ccccc3)[nH]2)cc1. The van der Waals surface area contributed by atoms with Gasteiger partial charge >= 0.3 is 0 Å². The molecule has 5 rings (SSSR count). The first-order chi connectivity index (χ1) is 14.8. The normalized spacial score (nSPS) is 10.8. The Morgan fingerprint density at radius 2 is 1.00 bits per heavy atom. The van der Waals surface area contributed by atoms with Gasteiger partial charge in [0.2, 0.25) is 0 Å². The van der Waals surface area contributed by atoms with Crippen LogP contribution in [0.2, 0.25) is 0 Å². The van der Waals surface area contributed by atoms with Crippen molar-refractivity contribution in [3.63, 3.8) is 0 Å². The lowest BCUT2D eigenvalue weighted by atomic mass is 9.97. The first-order valence-electron chi connectivity index (χ1n) is 9.99. The second-order valence-electron chi connectivity index (χ2n) is 7.26. The van der Waals surface area contributed by atoms with Crippen LogP contribution in [0.1, 0.15) is 0 Å². The average Bonchev–Trinajstić information content (AvgIpc) is 3.26. The number of rotatable bonds is 4. The summed E-state index contributed by atoms with van der Waals surface area (Å²) in [5.41, 5.74) is 9.47. The third kappa shape index (κ3) is 3.62. The van der Waals surface area contributed by atoms with Crippen LogP contribution in [-0.4, -0.2) is 4.98 Å². The first-order valence-corrected chi connectivity index (χ1v) is 10.8. The molecule has 0 saturated carbocycles. The Bertz CT molecular complexity index is 1210. The Kier molecular flexibility index (Phi) is 5.08. The molecule has 0 bridgehead atoms. The zero-order chi connectivity index (χ0) is 20.3. The van der Waals surface area contributed by atoms with E-state index >= 15 is 0 Å². The van der Waals surface area contributed by atoms with Gasteiger partial charge in [-0.15, -0.1) is 0 Å². The van der Waals surface area contributed by atoms with Gasteiger partial charge in [-0.2, -0.15) is 0 Å². The molecule has 0 aliphatic rings. The summed E-state index contributed by atoms with van der Waals surface area (Å²) < 4.78 is 1.08. The molecule has 0 unspecified atom stereocenters. The highest BCUT2D eigenvalue weighted by Gasteiger charge is 2.15. The molecule has 5 aromatic rings. The minimum Gasteiger partial charge on any atom is -0.354 e. The third-order valence-electron chi connectivity index (χ3n) is 5.34. The average molecular weight is 450 g/mol. The smallest absolute Gasteiger partial charge is 0.0538 e. The number of halogens is 1. The van der Waals surface area contributed by atoms with Crippen LogP contribution in [0.3, 0.4) is 0 Å². The lowest BCUT2D eigenvalue weighted by Gasteiger charge is -2.09. The van der Waals surface area contributed by atoms with Gasteiger partial charge in [-0.1, -0.05) is 113 Å². The Morgan fingerprint density at radius 3 is 1.67 bits per heavy atom. The molecule has 1 nitrogen and oxygen atoms in total. The zero-order valence-corrected chi connectivity index (χ0v) is 17.9. The third-order valence-corrected chi connectivity index (χ3v) is 5.87. The van der Waals surface area contributed by atoms with Crippen molar-refractivity contribution in [1.82, 2.24) is 4.98 Å². The van der Waals surface area contributed by atoms with Crippen molar-refractivity contribution in [3.8, 4) is 44.8 Å². The van der Waals surface area contributed by atoms with E-state index in [9.17, 15) is 0 Å². The molecule has 0 saturated heterocycles. The second-order valence-corrected chi connectivity index (χ2v) is 8.17. The molecule has 0 aliphatic heterocycles. The summed E-state index contributed by atoms with van der Waals surface area (Å²) in [7, 11) is 0. The van der Waals surface area contributed by atoms with E-state index in [-0.39, 0.29) is 0 Å². The van der Waals surface area contributed by atoms with E-state index in [4.69, 9.17) is 0 Å². The lowest BCUT2D eigenvalue weighted by Crippen LogP contribution is -1.85. The predicted molar refractivity (Wildman–Crippen MR) is 130 cm³/mol. The monoisotopic (exact) mass is 449 g/mol. The Morgan fingerprint density at radius 1 is 0.467 bits per heavy atom. The molecule has 144 valence electrons. The van der Waals surface area contributed by atoms with Crippen molar-refractivity contribution in [2.24, 2.45) is 0 Å². The van der Waals surface area contributed by atoms with Gasteiger partial charge in [0.15, 0.2) is 0 Å². The van der Waals surface area contributed by atoms with Crippen molar-refractivity contribution in [2.45, 2.75) is 0 Å².